The number of aryl methyl sites for hydroxylation is 2. The number of carbonyl (C=O) groups excluding carboxylic acids is 2. The summed E-state index contributed by atoms with van der Waals surface area (Å²) in [6.45, 7) is 6.05. The Bertz CT molecular complexity index is 1460. The lowest BCUT2D eigenvalue weighted by Gasteiger charge is -2.42. The minimum absolute atomic E-state index is 0.0758. The van der Waals surface area contributed by atoms with Crippen molar-refractivity contribution >= 4 is 36.6 Å². The Hall–Kier alpha value is -3.76. The number of carboxylic acid groups (broad SMARTS) is 1. The van der Waals surface area contributed by atoms with Crippen LogP contribution in [0, 0.1) is 31.6 Å². The lowest BCUT2D eigenvalue weighted by Crippen LogP contribution is -2.46. The summed E-state index contributed by atoms with van der Waals surface area (Å²) in [7, 11) is -1.04. The molecule has 0 unspecified atom stereocenters. The SMILES string of the molecule is CC1=C2[C@@H](CC/C(=C/c3cc(C)c(O)c(C)c3)c3ccccn3)OB(O)C[C@@H]2[C@@H]2C(=O)N(CCCCCC(=O)O)C(=O)[C@@H]2C1. The molecular weight excluding hydrogens is 559 g/mol. The molecule has 1 aromatic carbocycles. The van der Waals surface area contributed by atoms with Crippen LogP contribution in [0.25, 0.3) is 11.6 Å². The maximum absolute atomic E-state index is 13.7. The summed E-state index contributed by atoms with van der Waals surface area (Å²) in [6.07, 6.45) is 7.13. The van der Waals surface area contributed by atoms with Crippen LogP contribution in [0.15, 0.2) is 47.7 Å². The van der Waals surface area contributed by atoms with Gasteiger partial charge >= 0.3 is 13.1 Å². The van der Waals surface area contributed by atoms with Crippen molar-refractivity contribution < 1.29 is 34.3 Å². The predicted molar refractivity (Wildman–Crippen MR) is 167 cm³/mol. The normalized spacial score (nSPS) is 23.7. The number of unbranched alkanes of at least 4 members (excludes halogenated alkanes) is 2. The summed E-state index contributed by atoms with van der Waals surface area (Å²) in [5, 5.41) is 30.0. The van der Waals surface area contributed by atoms with Gasteiger partial charge in [-0.05, 0) is 123 Å². The minimum Gasteiger partial charge on any atom is -0.507 e. The van der Waals surface area contributed by atoms with Gasteiger partial charge < -0.3 is 19.9 Å². The highest BCUT2D eigenvalue weighted by Crippen LogP contribution is 2.50. The third kappa shape index (κ3) is 6.66. The van der Waals surface area contributed by atoms with E-state index in [0.29, 0.717) is 45.1 Å². The first-order chi connectivity index (χ1) is 21.0. The quantitative estimate of drug-likeness (QED) is 0.139. The number of pyridine rings is 1. The van der Waals surface area contributed by atoms with E-state index in [-0.39, 0.29) is 36.2 Å². The maximum atomic E-state index is 13.7. The Morgan fingerprint density at radius 1 is 1.07 bits per heavy atom. The zero-order valence-corrected chi connectivity index (χ0v) is 25.7. The van der Waals surface area contributed by atoms with Gasteiger partial charge in [0.1, 0.15) is 5.75 Å². The predicted octanol–water partition coefficient (Wildman–Crippen LogP) is 5.19. The topological polar surface area (TPSA) is 137 Å². The van der Waals surface area contributed by atoms with Gasteiger partial charge in [-0.2, -0.15) is 0 Å². The molecule has 2 saturated heterocycles. The molecule has 0 spiro atoms. The number of aromatic hydroxyl groups is 1. The van der Waals surface area contributed by atoms with E-state index >= 15 is 0 Å². The summed E-state index contributed by atoms with van der Waals surface area (Å²) < 4.78 is 6.12. The Morgan fingerprint density at radius 3 is 2.50 bits per heavy atom. The van der Waals surface area contributed by atoms with Crippen LogP contribution in [0.2, 0.25) is 6.32 Å². The molecule has 3 heterocycles. The average Bonchev–Trinajstić information content (AvgIpc) is 3.22. The van der Waals surface area contributed by atoms with Crippen molar-refractivity contribution in [2.24, 2.45) is 17.8 Å². The first kappa shape index (κ1) is 31.7. The van der Waals surface area contributed by atoms with Gasteiger partial charge in [-0.25, -0.2) is 0 Å². The number of hydrogen-bond acceptors (Lipinski definition) is 7. The summed E-state index contributed by atoms with van der Waals surface area (Å²) in [5.41, 5.74) is 6.43. The molecule has 0 radical (unpaired) electrons. The third-order valence-electron chi connectivity index (χ3n) is 9.34. The van der Waals surface area contributed by atoms with E-state index in [4.69, 9.17) is 9.76 Å². The fourth-order valence-corrected chi connectivity index (χ4v) is 7.32. The second-order valence-electron chi connectivity index (χ2n) is 12.5. The van der Waals surface area contributed by atoms with Crippen LogP contribution in [-0.4, -0.2) is 62.7 Å². The maximum Gasteiger partial charge on any atom is 0.455 e. The van der Waals surface area contributed by atoms with Gasteiger partial charge in [-0.15, -0.1) is 0 Å². The molecule has 2 aromatic rings. The Balaban J connectivity index is 1.36. The number of phenolic OH excluding ortho intramolecular Hbond substituents is 1. The van der Waals surface area contributed by atoms with Crippen molar-refractivity contribution in [3.05, 3.63) is 70.1 Å². The second-order valence-corrected chi connectivity index (χ2v) is 12.5. The lowest BCUT2D eigenvalue weighted by molar-refractivity contribution is -0.141. The van der Waals surface area contributed by atoms with Gasteiger partial charge in [0.2, 0.25) is 11.8 Å². The Labute approximate surface area is 258 Å². The third-order valence-corrected chi connectivity index (χ3v) is 9.34. The zero-order chi connectivity index (χ0) is 31.5. The van der Waals surface area contributed by atoms with E-state index < -0.39 is 31.0 Å². The molecule has 4 atom stereocenters. The number of aromatic nitrogens is 1. The molecule has 2 fully saturated rings. The first-order valence-electron chi connectivity index (χ1n) is 15.6. The second kappa shape index (κ2) is 13.5. The minimum atomic E-state index is -1.04. The molecular formula is C34H41BN2O7. The van der Waals surface area contributed by atoms with Crippen molar-refractivity contribution in [1.82, 2.24) is 9.88 Å². The molecule has 232 valence electrons. The van der Waals surface area contributed by atoms with Crippen molar-refractivity contribution in [1.29, 1.82) is 0 Å². The number of likely N-dealkylation sites (tertiary alicyclic amines) is 1. The Morgan fingerprint density at radius 2 is 1.82 bits per heavy atom. The molecule has 2 aliphatic heterocycles. The molecule has 0 bridgehead atoms. The standard InChI is InChI=1S/C34H41BN2O7/c1-20-17-25-31(34(42)37(33(25)41)14-8-4-5-10-29(38)39)26-19-35(43)44-28(30(20)26)12-11-24(27-9-6-7-13-36-27)18-23-15-21(2)32(40)22(3)16-23/h6-7,9,13,15-16,18,25-26,28,31,40,43H,4-5,8,10-12,14,17,19H2,1-3H3,(H,38,39)/b24-18-/t25-,26+,28-,31-/m1/s1. The van der Waals surface area contributed by atoms with Crippen LogP contribution in [0.3, 0.4) is 0 Å². The number of carbonyl (C=O) groups is 3. The highest BCUT2D eigenvalue weighted by atomic mass is 16.5. The molecule has 5 rings (SSSR count). The fraction of sp³-hybridized carbons (Fsp3) is 0.471. The number of benzene rings is 1. The van der Waals surface area contributed by atoms with Gasteiger partial charge in [0, 0.05) is 19.2 Å². The number of fused-ring (bicyclic) bond motifs is 3. The highest BCUT2D eigenvalue weighted by Gasteiger charge is 2.56. The zero-order valence-electron chi connectivity index (χ0n) is 25.7. The van der Waals surface area contributed by atoms with E-state index in [1.165, 1.54) is 4.90 Å². The highest BCUT2D eigenvalue weighted by molar-refractivity contribution is 6.43. The van der Waals surface area contributed by atoms with Crippen LogP contribution in [0.5, 0.6) is 5.75 Å². The summed E-state index contributed by atoms with van der Waals surface area (Å²) >= 11 is 0. The molecule has 3 N–H and O–H groups in total. The molecule has 9 nitrogen and oxygen atoms in total. The summed E-state index contributed by atoms with van der Waals surface area (Å²) in [5.74, 6) is -2.14. The average molecular weight is 601 g/mol. The number of phenols is 1. The van der Waals surface area contributed by atoms with Crippen LogP contribution in [0.1, 0.15) is 74.3 Å². The number of imide groups is 1. The molecule has 0 saturated carbocycles. The molecule has 3 aliphatic rings. The van der Waals surface area contributed by atoms with Crippen LogP contribution >= 0.6 is 0 Å². The fourth-order valence-electron chi connectivity index (χ4n) is 7.32. The van der Waals surface area contributed by atoms with Crippen molar-refractivity contribution in [3.8, 4) is 5.75 Å². The van der Waals surface area contributed by atoms with Crippen molar-refractivity contribution in [2.75, 3.05) is 6.54 Å². The van der Waals surface area contributed by atoms with Crippen LogP contribution < -0.4 is 0 Å². The molecule has 1 aromatic heterocycles. The van der Waals surface area contributed by atoms with Gasteiger partial charge in [-0.3, -0.25) is 24.3 Å². The number of nitrogens with zero attached hydrogens (tertiary/aromatic N) is 2. The lowest BCUT2D eigenvalue weighted by atomic mass is 9.58. The van der Waals surface area contributed by atoms with Gasteiger partial charge in [0.15, 0.2) is 0 Å². The molecule has 2 amide bonds. The van der Waals surface area contributed by atoms with Gasteiger partial charge in [-0.1, -0.05) is 18.1 Å². The smallest absolute Gasteiger partial charge is 0.455 e. The van der Waals surface area contributed by atoms with Crippen molar-refractivity contribution in [2.45, 2.75) is 78.1 Å². The molecule has 10 heteroatoms. The number of carboxylic acids is 1. The summed E-state index contributed by atoms with van der Waals surface area (Å²) in [6, 6.07) is 9.65. The van der Waals surface area contributed by atoms with Crippen molar-refractivity contribution in [3.63, 3.8) is 0 Å². The van der Waals surface area contributed by atoms with E-state index in [2.05, 4.69) is 11.1 Å². The van der Waals surface area contributed by atoms with E-state index in [1.54, 1.807) is 6.20 Å². The number of rotatable bonds is 11. The van der Waals surface area contributed by atoms with E-state index in [9.17, 15) is 24.5 Å². The van der Waals surface area contributed by atoms with Gasteiger partial charge in [0.25, 0.3) is 0 Å². The molecule has 44 heavy (non-hydrogen) atoms. The Kier molecular flexibility index (Phi) is 9.70. The number of amides is 2. The van der Waals surface area contributed by atoms with Crippen LogP contribution in [0.4, 0.5) is 0 Å². The summed E-state index contributed by atoms with van der Waals surface area (Å²) in [4.78, 5) is 43.8. The molecule has 1 aliphatic carbocycles. The monoisotopic (exact) mass is 600 g/mol. The number of hydrogen-bond donors (Lipinski definition) is 3. The van der Waals surface area contributed by atoms with E-state index in [1.807, 2.05) is 51.1 Å². The largest absolute Gasteiger partial charge is 0.507 e. The van der Waals surface area contributed by atoms with Crippen LogP contribution in [-0.2, 0) is 19.0 Å². The number of aliphatic carboxylic acids is 1. The van der Waals surface area contributed by atoms with E-state index in [0.717, 1.165) is 39.1 Å². The first-order valence-corrected chi connectivity index (χ1v) is 15.6. The van der Waals surface area contributed by atoms with Gasteiger partial charge in [0.05, 0.1) is 23.6 Å². The number of allylic oxidation sites excluding steroid dienone is 2.